The van der Waals surface area contributed by atoms with E-state index in [9.17, 15) is 9.59 Å². The molecular weight excluding hydrogens is 316 g/mol. The average Bonchev–Trinajstić information content (AvgIpc) is 3.12. The van der Waals surface area contributed by atoms with Gasteiger partial charge in [-0.15, -0.1) is 0 Å². The maximum Gasteiger partial charge on any atom is 0.344 e. The predicted octanol–water partition coefficient (Wildman–Crippen LogP) is 1.66. The molecule has 0 radical (unpaired) electrons. The lowest BCUT2D eigenvalue weighted by Gasteiger charge is -2.33. The van der Waals surface area contributed by atoms with Crippen LogP contribution in [-0.4, -0.2) is 27.6 Å². The first-order valence-corrected chi connectivity index (χ1v) is 8.14. The highest BCUT2D eigenvalue weighted by molar-refractivity contribution is 7.80. The molecule has 7 nitrogen and oxygen atoms in total. The predicted molar refractivity (Wildman–Crippen MR) is 87.0 cm³/mol. The molecule has 1 aliphatic heterocycles. The SMILES string of the molecule is CC1CCC2(CC1)NC(=O)N(NC(=S)NCc1ccco1)C2=O. The van der Waals surface area contributed by atoms with Crippen molar-refractivity contribution in [3.63, 3.8) is 0 Å². The van der Waals surface area contributed by atoms with Crippen LogP contribution in [0.3, 0.4) is 0 Å². The van der Waals surface area contributed by atoms with Gasteiger partial charge in [-0.3, -0.25) is 10.2 Å². The van der Waals surface area contributed by atoms with Gasteiger partial charge in [0.25, 0.3) is 5.91 Å². The van der Waals surface area contributed by atoms with Crippen molar-refractivity contribution in [3.05, 3.63) is 24.2 Å². The normalized spacial score (nSPS) is 27.2. The molecule has 1 spiro atoms. The molecule has 0 atom stereocenters. The topological polar surface area (TPSA) is 86.6 Å². The largest absolute Gasteiger partial charge is 0.467 e. The molecule has 0 aromatic carbocycles. The molecule has 3 N–H and O–H groups in total. The molecule has 1 aromatic rings. The summed E-state index contributed by atoms with van der Waals surface area (Å²) in [6.07, 6.45) is 4.77. The molecule has 0 unspecified atom stereocenters. The number of amides is 3. The van der Waals surface area contributed by atoms with Gasteiger partial charge in [0, 0.05) is 0 Å². The van der Waals surface area contributed by atoms with Gasteiger partial charge in [0.15, 0.2) is 5.11 Å². The number of furan rings is 1. The van der Waals surface area contributed by atoms with Gasteiger partial charge >= 0.3 is 6.03 Å². The molecular formula is C15H20N4O3S. The monoisotopic (exact) mass is 336 g/mol. The minimum atomic E-state index is -0.771. The van der Waals surface area contributed by atoms with E-state index in [0.29, 0.717) is 31.1 Å². The van der Waals surface area contributed by atoms with Crippen LogP contribution in [0.15, 0.2) is 22.8 Å². The third-order valence-corrected chi connectivity index (χ3v) is 4.74. The van der Waals surface area contributed by atoms with Gasteiger partial charge in [-0.1, -0.05) is 6.92 Å². The lowest BCUT2D eigenvalue weighted by Crippen LogP contribution is -2.53. The maximum atomic E-state index is 12.6. The highest BCUT2D eigenvalue weighted by Crippen LogP contribution is 2.35. The van der Waals surface area contributed by atoms with Crippen molar-refractivity contribution < 1.29 is 14.0 Å². The second kappa shape index (κ2) is 6.19. The lowest BCUT2D eigenvalue weighted by atomic mass is 9.77. The fourth-order valence-electron chi connectivity index (χ4n) is 3.04. The molecule has 2 fully saturated rings. The van der Waals surface area contributed by atoms with Crippen LogP contribution >= 0.6 is 12.2 Å². The van der Waals surface area contributed by atoms with Gasteiger partial charge in [0.05, 0.1) is 12.8 Å². The molecule has 0 bridgehead atoms. The summed E-state index contributed by atoms with van der Waals surface area (Å²) in [6, 6.07) is 3.13. The van der Waals surface area contributed by atoms with E-state index in [0.717, 1.165) is 17.9 Å². The van der Waals surface area contributed by atoms with Crippen LogP contribution in [0.5, 0.6) is 0 Å². The van der Waals surface area contributed by atoms with Crippen molar-refractivity contribution in [2.24, 2.45) is 5.92 Å². The number of hydrogen-bond donors (Lipinski definition) is 3. The smallest absolute Gasteiger partial charge is 0.344 e. The summed E-state index contributed by atoms with van der Waals surface area (Å²) in [5, 5.41) is 6.92. The molecule has 2 aliphatic rings. The van der Waals surface area contributed by atoms with Crippen LogP contribution < -0.4 is 16.1 Å². The number of nitrogens with one attached hydrogen (secondary N) is 3. The molecule has 1 aromatic heterocycles. The Kier molecular flexibility index (Phi) is 4.25. The van der Waals surface area contributed by atoms with Gasteiger partial charge in [0.2, 0.25) is 0 Å². The van der Waals surface area contributed by atoms with Crippen LogP contribution in [0.4, 0.5) is 4.79 Å². The van der Waals surface area contributed by atoms with Crippen molar-refractivity contribution in [2.45, 2.75) is 44.7 Å². The fraction of sp³-hybridized carbons (Fsp3) is 0.533. The van der Waals surface area contributed by atoms with E-state index in [1.165, 1.54) is 0 Å². The third kappa shape index (κ3) is 3.17. The quantitative estimate of drug-likeness (QED) is 0.575. The Morgan fingerprint density at radius 2 is 2.22 bits per heavy atom. The van der Waals surface area contributed by atoms with Gasteiger partial charge in [-0.25, -0.2) is 4.79 Å². The highest BCUT2D eigenvalue weighted by Gasteiger charge is 2.52. The van der Waals surface area contributed by atoms with E-state index in [1.54, 1.807) is 12.3 Å². The Morgan fingerprint density at radius 1 is 1.48 bits per heavy atom. The zero-order valence-corrected chi connectivity index (χ0v) is 13.7. The van der Waals surface area contributed by atoms with E-state index in [2.05, 4.69) is 23.0 Å². The number of urea groups is 1. The Morgan fingerprint density at radius 3 is 2.87 bits per heavy atom. The fourth-order valence-corrected chi connectivity index (χ4v) is 3.20. The van der Waals surface area contributed by atoms with Gasteiger partial charge in [-0.05, 0) is 56.0 Å². The number of imide groups is 1. The third-order valence-electron chi connectivity index (χ3n) is 4.51. The molecule has 23 heavy (non-hydrogen) atoms. The van der Waals surface area contributed by atoms with E-state index in [4.69, 9.17) is 16.6 Å². The first kappa shape index (κ1) is 15.8. The summed E-state index contributed by atoms with van der Waals surface area (Å²) in [5.41, 5.74) is 1.90. The zero-order valence-electron chi connectivity index (χ0n) is 12.9. The number of carbonyl (C=O) groups is 2. The summed E-state index contributed by atoms with van der Waals surface area (Å²) in [7, 11) is 0. The number of hydrazine groups is 1. The van der Waals surface area contributed by atoms with Gasteiger partial charge in [-0.2, -0.15) is 5.01 Å². The standard InChI is InChI=1S/C15H20N4O3S/c1-10-4-6-15(7-5-10)12(20)19(14(21)17-15)18-13(23)16-9-11-3-2-8-22-11/h2-3,8,10H,4-7,9H2,1H3,(H,17,21)(H2,16,18,23). The average molecular weight is 336 g/mol. The van der Waals surface area contributed by atoms with E-state index < -0.39 is 11.6 Å². The first-order chi connectivity index (χ1) is 11.0. The van der Waals surface area contributed by atoms with Crippen LogP contribution in [0.1, 0.15) is 38.4 Å². The Hall–Kier alpha value is -2.09. The highest BCUT2D eigenvalue weighted by atomic mass is 32.1. The second-order valence-electron chi connectivity index (χ2n) is 6.21. The number of hydrogen-bond acceptors (Lipinski definition) is 4. The molecule has 8 heteroatoms. The maximum absolute atomic E-state index is 12.6. The Labute approximate surface area is 139 Å². The summed E-state index contributed by atoms with van der Waals surface area (Å²) in [4.78, 5) is 24.8. The minimum absolute atomic E-state index is 0.200. The summed E-state index contributed by atoms with van der Waals surface area (Å²) >= 11 is 5.14. The number of carbonyl (C=O) groups excluding carboxylic acids is 2. The first-order valence-electron chi connectivity index (χ1n) is 7.74. The minimum Gasteiger partial charge on any atom is -0.467 e. The van der Waals surface area contributed by atoms with Crippen LogP contribution in [0.25, 0.3) is 0 Å². The number of rotatable bonds is 3. The van der Waals surface area contributed by atoms with E-state index in [1.807, 2.05) is 6.07 Å². The molecule has 1 saturated heterocycles. The second-order valence-corrected chi connectivity index (χ2v) is 6.62. The Bertz CT molecular complexity index is 608. The zero-order chi connectivity index (χ0) is 16.4. The van der Waals surface area contributed by atoms with Crippen molar-refractivity contribution in [1.82, 2.24) is 21.1 Å². The summed E-state index contributed by atoms with van der Waals surface area (Å²) in [6.45, 7) is 2.54. The van der Waals surface area contributed by atoms with Crippen molar-refractivity contribution in [3.8, 4) is 0 Å². The number of nitrogens with zero attached hydrogens (tertiary/aromatic N) is 1. The molecule has 124 valence electrons. The molecule has 2 heterocycles. The van der Waals surface area contributed by atoms with Crippen LogP contribution in [0, 0.1) is 5.92 Å². The molecule has 3 rings (SSSR count). The molecule has 1 aliphatic carbocycles. The van der Waals surface area contributed by atoms with E-state index >= 15 is 0 Å². The number of thiocarbonyl (C=S) groups is 1. The summed E-state index contributed by atoms with van der Waals surface area (Å²) < 4.78 is 5.19. The lowest BCUT2D eigenvalue weighted by molar-refractivity contribution is -0.133. The summed E-state index contributed by atoms with van der Waals surface area (Å²) in [5.74, 6) is 1.05. The molecule has 1 saturated carbocycles. The van der Waals surface area contributed by atoms with Gasteiger partial charge < -0.3 is 15.1 Å². The van der Waals surface area contributed by atoms with Gasteiger partial charge in [0.1, 0.15) is 11.3 Å². The van der Waals surface area contributed by atoms with Crippen molar-refractivity contribution in [2.75, 3.05) is 0 Å². The van der Waals surface area contributed by atoms with E-state index in [-0.39, 0.29) is 11.0 Å². The Balaban J connectivity index is 1.58. The van der Waals surface area contributed by atoms with Crippen molar-refractivity contribution in [1.29, 1.82) is 0 Å². The van der Waals surface area contributed by atoms with Crippen LogP contribution in [0.2, 0.25) is 0 Å². The van der Waals surface area contributed by atoms with Crippen molar-refractivity contribution >= 4 is 29.3 Å². The molecule has 3 amide bonds. The van der Waals surface area contributed by atoms with Crippen LogP contribution in [-0.2, 0) is 11.3 Å².